The molecule has 17 atom stereocenters. The van der Waals surface area contributed by atoms with Crippen molar-refractivity contribution in [2.75, 3.05) is 52.8 Å². The number of hydrogen-bond acceptors (Lipinski definition) is 23. The van der Waals surface area contributed by atoms with Gasteiger partial charge in [0.15, 0.2) is 25.0 Å². The van der Waals surface area contributed by atoms with E-state index in [-0.39, 0.29) is 69.4 Å². The first-order valence-electron chi connectivity index (χ1n) is 38.3. The van der Waals surface area contributed by atoms with Crippen LogP contribution in [0.15, 0.2) is 0 Å². The van der Waals surface area contributed by atoms with Crippen LogP contribution in [-0.4, -0.2) is 226 Å². The molecule has 3 rings (SSSR count). The van der Waals surface area contributed by atoms with E-state index in [9.17, 15) is 74.3 Å². The lowest BCUT2D eigenvalue weighted by molar-refractivity contribution is -0.385. The Morgan fingerprint density at radius 1 is 0.460 bits per heavy atom. The minimum absolute atomic E-state index is 0.0624. The number of esters is 2. The number of ether oxygens (including phenoxy) is 8. The number of hydrogen-bond donors (Lipinski definition) is 12. The molecule has 3 aliphatic rings. The van der Waals surface area contributed by atoms with Gasteiger partial charge in [0.2, 0.25) is 17.7 Å². The lowest BCUT2D eigenvalue weighted by Crippen LogP contribution is -2.68. The highest BCUT2D eigenvalue weighted by Crippen LogP contribution is 2.37. The summed E-state index contributed by atoms with van der Waals surface area (Å²) in [6.07, 6.45) is 18.5. The molecule has 0 aromatic heterocycles. The summed E-state index contributed by atoms with van der Waals surface area (Å²) in [4.78, 5) is 70.3. The average Bonchev–Trinajstić information content (AvgIpc) is 0.774. The van der Waals surface area contributed by atoms with E-state index in [2.05, 4.69) is 29.8 Å². The van der Waals surface area contributed by atoms with Gasteiger partial charge in [-0.05, 0) is 45.4 Å². The highest BCUT2D eigenvalue weighted by molar-refractivity contribution is 7.51. The fourth-order valence-corrected chi connectivity index (χ4v) is 12.6. The molecule has 7 unspecified atom stereocenters. The second-order valence-corrected chi connectivity index (χ2v) is 29.3. The minimum Gasteiger partial charge on any atom is -0.462 e. The quantitative estimate of drug-likeness (QED) is 0.0156. The van der Waals surface area contributed by atoms with Crippen LogP contribution in [-0.2, 0) is 71.0 Å². The van der Waals surface area contributed by atoms with E-state index >= 15 is 0 Å². The van der Waals surface area contributed by atoms with Crippen molar-refractivity contribution < 1.29 is 117 Å². The fraction of sp³-hybridized carbons (Fsp3) is 0.931. The molecule has 3 amide bonds. The van der Waals surface area contributed by atoms with E-state index in [0.29, 0.717) is 32.2 Å². The summed E-state index contributed by atoms with van der Waals surface area (Å²) in [7, 11) is -3.74. The van der Waals surface area contributed by atoms with E-state index in [1.807, 2.05) is 6.92 Å². The normalized spacial score (nSPS) is 26.2. The lowest BCUT2D eigenvalue weighted by atomic mass is 9.95. The number of aliphatic hydroxyl groups excluding tert-OH is 8. The first-order valence-corrected chi connectivity index (χ1v) is 40.3. The molecular formula is C72H136N3O24P. The Bertz CT molecular complexity index is 2160. The third-order valence-electron chi connectivity index (χ3n) is 18.2. The van der Waals surface area contributed by atoms with Crippen LogP contribution in [0.5, 0.6) is 0 Å². The van der Waals surface area contributed by atoms with Crippen LogP contribution in [0.4, 0.5) is 0 Å². The maximum Gasteiger partial charge on any atom is 0.325 e. The standard InChI is InChI=1S/C40H79O7P.C32H57N3O17/c1-4-6-8-10-12-14-16-18-20-22-24-26-28-30-32-34-39(41)45-36-38(37-46-48(3,43)44)47-40(42)35-33-31-29-27-25-23-21-19-17-15-13-11-9-7-5-2;1-4-10-33-19(39)8-5-6-9-20(40)34-11-7-12-47-32-29(52-31-27(46)26(45)22(41)15(2)48-31)28(24(43)18(14-37)50-32)51-30-21(35-16(3)38)25(44)23(42)17(13-36)49-30/h38H,4-37H2,1-3H3,(H,43,44);15,17-18,21-32,36-37,41-46H,4-14H2,1-3H3,(H,33,39)(H,34,40)(H,35,38)/t38-;15?,17?,18?,21?,22-,23+,24+,25-,26+,27?,28+,29?,30+,31+,32-/m11/s1. The first kappa shape index (κ1) is 93.0. The molecule has 0 spiro atoms. The number of nitrogens with one attached hydrogen (secondary N) is 3. The van der Waals surface area contributed by atoms with E-state index in [0.717, 1.165) is 58.5 Å². The van der Waals surface area contributed by atoms with Crippen LogP contribution < -0.4 is 16.0 Å². The molecule has 12 N–H and O–H groups in total. The maximum absolute atomic E-state index is 12.4. The Labute approximate surface area is 597 Å². The van der Waals surface area contributed by atoms with Gasteiger partial charge in [0.05, 0.1) is 32.5 Å². The molecule has 28 heteroatoms. The molecule has 0 saturated carbocycles. The van der Waals surface area contributed by atoms with Crippen LogP contribution in [0.1, 0.15) is 279 Å². The largest absolute Gasteiger partial charge is 0.462 e. The van der Waals surface area contributed by atoms with Crippen LogP contribution in [0, 0.1) is 0 Å². The zero-order valence-corrected chi connectivity index (χ0v) is 62.5. The first-order chi connectivity index (χ1) is 48.0. The molecule has 3 fully saturated rings. The summed E-state index contributed by atoms with van der Waals surface area (Å²) in [5.41, 5.74) is 0. The summed E-state index contributed by atoms with van der Waals surface area (Å²) in [6.45, 7) is 8.86. The van der Waals surface area contributed by atoms with Crippen LogP contribution in [0.25, 0.3) is 0 Å². The average molecular weight is 1460 g/mol. The zero-order valence-electron chi connectivity index (χ0n) is 61.7. The van der Waals surface area contributed by atoms with Crippen LogP contribution >= 0.6 is 7.60 Å². The van der Waals surface area contributed by atoms with E-state index in [1.54, 1.807) is 0 Å². The topological polar surface area (TPSA) is 404 Å². The minimum atomic E-state index is -3.74. The molecule has 0 radical (unpaired) electrons. The van der Waals surface area contributed by atoms with E-state index in [1.165, 1.54) is 161 Å². The number of carbonyl (C=O) groups excluding carboxylic acids is 5. The van der Waals surface area contributed by atoms with Gasteiger partial charge < -0.3 is 104 Å². The molecule has 3 aliphatic heterocycles. The number of rotatable bonds is 57. The Kier molecular flexibility index (Phi) is 53.2. The predicted molar refractivity (Wildman–Crippen MR) is 376 cm³/mol. The third kappa shape index (κ3) is 42.2. The van der Waals surface area contributed by atoms with Gasteiger partial charge in [0.1, 0.15) is 73.7 Å². The number of amides is 3. The summed E-state index contributed by atoms with van der Waals surface area (Å²) in [5, 5.41) is 91.7. The molecule has 3 saturated heterocycles. The van der Waals surface area contributed by atoms with Crippen molar-refractivity contribution in [2.24, 2.45) is 0 Å². The molecule has 27 nitrogen and oxygen atoms in total. The van der Waals surface area contributed by atoms with Gasteiger partial charge in [-0.1, -0.05) is 201 Å². The molecule has 0 aromatic rings. The monoisotopic (exact) mass is 1460 g/mol. The summed E-state index contributed by atoms with van der Waals surface area (Å²) >= 11 is 0. The predicted octanol–water partition coefficient (Wildman–Crippen LogP) is 8.01. The molecule has 0 aliphatic carbocycles. The van der Waals surface area contributed by atoms with Crippen molar-refractivity contribution in [1.29, 1.82) is 0 Å². The van der Waals surface area contributed by atoms with Crippen molar-refractivity contribution in [2.45, 2.75) is 377 Å². The lowest BCUT2D eigenvalue weighted by Gasteiger charge is -2.49. The number of unbranched alkanes of at least 4 members (excludes halogenated alkanes) is 29. The molecule has 0 aromatic carbocycles. The second kappa shape index (κ2) is 57.2. The van der Waals surface area contributed by atoms with E-state index in [4.69, 9.17) is 42.4 Å². The van der Waals surface area contributed by atoms with Crippen molar-refractivity contribution in [3.63, 3.8) is 0 Å². The van der Waals surface area contributed by atoms with Crippen molar-refractivity contribution in [3.8, 4) is 0 Å². The van der Waals surface area contributed by atoms with Gasteiger partial charge in [-0.3, -0.25) is 28.5 Å². The smallest absolute Gasteiger partial charge is 0.325 e. The Hall–Kier alpha value is -3.06. The van der Waals surface area contributed by atoms with Gasteiger partial charge in [-0.2, -0.15) is 0 Å². The maximum atomic E-state index is 12.4. The number of carbonyl (C=O) groups is 5. The summed E-state index contributed by atoms with van der Waals surface area (Å²) < 4.78 is 62.5. The van der Waals surface area contributed by atoms with Crippen molar-refractivity contribution in [3.05, 3.63) is 0 Å². The van der Waals surface area contributed by atoms with Gasteiger partial charge >= 0.3 is 19.5 Å². The Morgan fingerprint density at radius 3 is 1.35 bits per heavy atom. The zero-order chi connectivity index (χ0) is 73.9. The third-order valence-corrected chi connectivity index (χ3v) is 18.8. The molecule has 100 heavy (non-hydrogen) atoms. The highest BCUT2D eigenvalue weighted by Gasteiger charge is 2.54. The van der Waals surface area contributed by atoms with Gasteiger partial charge in [0, 0.05) is 52.4 Å². The SMILES string of the molecule is CCCCCCCCCCCCCCCCCC(=O)OC[C@H](COP(C)(=O)O)OC(=O)CCCCCCCCCCCCCCCCC.CCCNC(=O)CCCCC(=O)NCCCO[C@@H]1OC(CO)[C@H](O)[C@H](O[C@@H]2OC(CO)[C@H](O)[C@H](O)C2NC(C)=O)C1O[C@@H]1OC(C)[C@@H](O)[C@H](O)C1O. The van der Waals surface area contributed by atoms with Crippen LogP contribution in [0.2, 0.25) is 0 Å². The Balaban J connectivity index is 0.000000683. The molecule has 0 bridgehead atoms. The summed E-state index contributed by atoms with van der Waals surface area (Å²) in [6, 6.07) is -1.44. The second-order valence-electron chi connectivity index (χ2n) is 27.5. The van der Waals surface area contributed by atoms with Gasteiger partial charge in [0.25, 0.3) is 0 Å². The fourth-order valence-electron chi connectivity index (χ4n) is 12.1. The highest BCUT2D eigenvalue weighted by atomic mass is 31.2. The summed E-state index contributed by atoms with van der Waals surface area (Å²) in [5.74, 6) is -1.66. The number of aliphatic hydroxyl groups is 8. The van der Waals surface area contributed by atoms with Crippen LogP contribution in [0.3, 0.4) is 0 Å². The Morgan fingerprint density at radius 2 is 0.890 bits per heavy atom. The van der Waals surface area contributed by atoms with Crippen molar-refractivity contribution in [1.82, 2.24) is 16.0 Å². The molecular weight excluding hydrogens is 1320 g/mol. The van der Waals surface area contributed by atoms with Crippen molar-refractivity contribution >= 4 is 37.3 Å². The van der Waals surface area contributed by atoms with Gasteiger partial charge in [-0.15, -0.1) is 0 Å². The van der Waals surface area contributed by atoms with Gasteiger partial charge in [-0.25, -0.2) is 0 Å². The van der Waals surface area contributed by atoms with E-state index < -0.39 is 125 Å². The molecule has 3 heterocycles. The molecule has 588 valence electrons.